The van der Waals surface area contributed by atoms with Gasteiger partial charge in [-0.25, -0.2) is 4.57 Å². The van der Waals surface area contributed by atoms with E-state index in [1.54, 1.807) is 11.3 Å². The number of nitrogens with zero attached hydrogens (tertiary/aromatic N) is 4. The van der Waals surface area contributed by atoms with Crippen LogP contribution >= 0.6 is 36.2 Å². The number of hydrogen-bond donors (Lipinski definition) is 2. The SMILES string of the molecule is C[n+]1ccsc1N=Nc1ccc(N(CCCN)CCCN)cc1.Cl.Cl.[Cl-]. The zero-order valence-corrected chi connectivity index (χ0v) is 18.0. The number of azo groups is 1. The molecule has 10 heteroatoms. The molecule has 0 radical (unpaired) electrons. The second-order valence-corrected chi connectivity index (χ2v) is 6.16. The third kappa shape index (κ3) is 8.62. The van der Waals surface area contributed by atoms with Crippen LogP contribution in [-0.4, -0.2) is 26.2 Å². The van der Waals surface area contributed by atoms with Gasteiger partial charge in [0, 0.05) is 24.2 Å². The van der Waals surface area contributed by atoms with Crippen LogP contribution in [0.1, 0.15) is 12.8 Å². The molecule has 0 atom stereocenters. The standard InChI is InChI=1S/C16H25N6S.3ClH/c1-21-12-13-23-16(21)20-19-14-4-6-15(7-5-14)22(10-2-8-17)11-3-9-18;;;/h4-7,12-13H,2-3,8-11,17-18H2,1H3;3*1H/q+1;;;/p-1. The van der Waals surface area contributed by atoms with Crippen molar-refractivity contribution in [3.63, 3.8) is 0 Å². The van der Waals surface area contributed by atoms with Gasteiger partial charge in [0.2, 0.25) is 0 Å². The van der Waals surface area contributed by atoms with Gasteiger partial charge in [-0.3, -0.25) is 0 Å². The molecule has 26 heavy (non-hydrogen) atoms. The highest BCUT2D eigenvalue weighted by atomic mass is 35.5. The fraction of sp³-hybridized carbons (Fsp3) is 0.438. The van der Waals surface area contributed by atoms with Crippen molar-refractivity contribution < 1.29 is 17.0 Å². The smallest absolute Gasteiger partial charge is 0.408 e. The fourth-order valence-electron chi connectivity index (χ4n) is 2.19. The molecule has 2 rings (SSSR count). The van der Waals surface area contributed by atoms with E-state index in [2.05, 4.69) is 27.3 Å². The molecule has 0 aliphatic rings. The van der Waals surface area contributed by atoms with Gasteiger partial charge in [-0.05, 0) is 66.6 Å². The average molecular weight is 442 g/mol. The highest BCUT2D eigenvalue weighted by Crippen LogP contribution is 2.22. The molecular weight excluding hydrogens is 415 g/mol. The topological polar surface area (TPSA) is 83.9 Å². The summed E-state index contributed by atoms with van der Waals surface area (Å²) in [6, 6.07) is 8.14. The molecule has 0 aliphatic heterocycles. The Kier molecular flexibility index (Phi) is 15.9. The van der Waals surface area contributed by atoms with E-state index >= 15 is 0 Å². The van der Waals surface area contributed by atoms with Gasteiger partial charge >= 0.3 is 5.13 Å². The van der Waals surface area contributed by atoms with Crippen molar-refractivity contribution in [2.75, 3.05) is 31.1 Å². The van der Waals surface area contributed by atoms with Crippen LogP contribution in [0.5, 0.6) is 0 Å². The van der Waals surface area contributed by atoms with Crippen LogP contribution < -0.4 is 33.3 Å². The Balaban J connectivity index is 0. The van der Waals surface area contributed by atoms with E-state index in [4.69, 9.17) is 11.5 Å². The van der Waals surface area contributed by atoms with E-state index in [0.29, 0.717) is 13.1 Å². The van der Waals surface area contributed by atoms with E-state index in [1.807, 2.05) is 35.3 Å². The Labute approximate surface area is 177 Å². The number of benzene rings is 1. The molecule has 1 aromatic carbocycles. The molecule has 2 aromatic rings. The summed E-state index contributed by atoms with van der Waals surface area (Å²) in [7, 11) is 1.96. The molecule has 1 aromatic heterocycles. The molecule has 4 N–H and O–H groups in total. The first-order valence-corrected chi connectivity index (χ1v) is 8.72. The molecule has 0 amide bonds. The summed E-state index contributed by atoms with van der Waals surface area (Å²) in [4.78, 5) is 2.32. The van der Waals surface area contributed by atoms with Gasteiger partial charge < -0.3 is 28.8 Å². The van der Waals surface area contributed by atoms with Crippen LogP contribution in [-0.2, 0) is 7.05 Å². The van der Waals surface area contributed by atoms with Gasteiger partial charge in [0.05, 0.1) is 12.2 Å². The quantitative estimate of drug-likeness (QED) is 0.435. The Morgan fingerprint density at radius 2 is 1.58 bits per heavy atom. The van der Waals surface area contributed by atoms with Crippen molar-refractivity contribution >= 4 is 52.7 Å². The maximum Gasteiger partial charge on any atom is 0.408 e. The zero-order valence-electron chi connectivity index (χ0n) is 14.8. The first-order chi connectivity index (χ1) is 11.2. The molecule has 0 fully saturated rings. The summed E-state index contributed by atoms with van der Waals surface area (Å²) in [5.74, 6) is 0. The molecule has 0 saturated heterocycles. The Morgan fingerprint density at radius 3 is 2.04 bits per heavy atom. The summed E-state index contributed by atoms with van der Waals surface area (Å²) >= 11 is 1.57. The molecule has 1 heterocycles. The van der Waals surface area contributed by atoms with Crippen molar-refractivity contribution in [3.05, 3.63) is 35.8 Å². The lowest BCUT2D eigenvalue weighted by molar-refractivity contribution is -0.654. The second-order valence-electron chi connectivity index (χ2n) is 5.28. The molecule has 0 spiro atoms. The van der Waals surface area contributed by atoms with Crippen molar-refractivity contribution in [2.45, 2.75) is 12.8 Å². The molecular formula is C16H27Cl3N6S. The van der Waals surface area contributed by atoms with E-state index in [-0.39, 0.29) is 37.2 Å². The number of nitrogens with two attached hydrogens (primary N) is 2. The van der Waals surface area contributed by atoms with Crippen molar-refractivity contribution in [3.8, 4) is 0 Å². The molecule has 0 unspecified atom stereocenters. The molecule has 0 saturated carbocycles. The van der Waals surface area contributed by atoms with E-state index < -0.39 is 0 Å². The first kappa shape index (κ1) is 27.3. The minimum Gasteiger partial charge on any atom is -1.00 e. The lowest BCUT2D eigenvalue weighted by Crippen LogP contribution is -3.00. The summed E-state index contributed by atoms with van der Waals surface area (Å²) in [6.45, 7) is 3.29. The van der Waals surface area contributed by atoms with Gasteiger partial charge in [0.25, 0.3) is 0 Å². The largest absolute Gasteiger partial charge is 1.00 e. The molecule has 148 valence electrons. The molecule has 6 nitrogen and oxygen atoms in total. The van der Waals surface area contributed by atoms with Crippen LogP contribution in [0.15, 0.2) is 46.1 Å². The second kappa shape index (κ2) is 15.1. The van der Waals surface area contributed by atoms with E-state index in [1.165, 1.54) is 5.69 Å². The van der Waals surface area contributed by atoms with Crippen LogP contribution in [0, 0.1) is 0 Å². The number of hydrogen-bond acceptors (Lipinski definition) is 6. The third-order valence-corrected chi connectivity index (χ3v) is 4.33. The number of halogens is 3. The van der Waals surface area contributed by atoms with Crippen molar-refractivity contribution in [1.82, 2.24) is 0 Å². The molecule has 0 bridgehead atoms. The Hall–Kier alpha value is -0.960. The normalized spacial score (nSPS) is 9.96. The van der Waals surface area contributed by atoms with Gasteiger partial charge in [-0.2, -0.15) is 0 Å². The van der Waals surface area contributed by atoms with Crippen molar-refractivity contribution in [2.24, 2.45) is 28.7 Å². The maximum atomic E-state index is 5.63. The summed E-state index contributed by atoms with van der Waals surface area (Å²) in [5, 5.41) is 11.4. The number of anilines is 1. The summed E-state index contributed by atoms with van der Waals surface area (Å²) < 4.78 is 1.95. The minimum atomic E-state index is 0. The fourth-order valence-corrected chi connectivity index (χ4v) is 2.87. The van der Waals surface area contributed by atoms with Gasteiger partial charge in [-0.1, -0.05) is 0 Å². The number of thiazole rings is 1. The lowest BCUT2D eigenvalue weighted by atomic mass is 10.2. The van der Waals surface area contributed by atoms with Gasteiger partial charge in [0.1, 0.15) is 11.9 Å². The summed E-state index contributed by atoms with van der Waals surface area (Å²) in [6.07, 6.45) is 3.91. The first-order valence-electron chi connectivity index (χ1n) is 7.84. The van der Waals surface area contributed by atoms with Gasteiger partial charge in [0.15, 0.2) is 0 Å². The maximum absolute atomic E-state index is 5.63. The number of rotatable bonds is 9. The monoisotopic (exact) mass is 440 g/mol. The predicted octanol–water partition coefficient (Wildman–Crippen LogP) is 0.340. The number of aromatic nitrogens is 1. The minimum absolute atomic E-state index is 0. The zero-order chi connectivity index (χ0) is 16.5. The molecule has 0 aliphatic carbocycles. The highest BCUT2D eigenvalue weighted by molar-refractivity contribution is 7.12. The highest BCUT2D eigenvalue weighted by Gasteiger charge is 2.08. The van der Waals surface area contributed by atoms with Crippen LogP contribution in [0.3, 0.4) is 0 Å². The Bertz CT molecular complexity index is 613. The summed E-state index contributed by atoms with van der Waals surface area (Å²) in [5.41, 5.74) is 13.3. The third-order valence-electron chi connectivity index (χ3n) is 3.49. The van der Waals surface area contributed by atoms with Crippen LogP contribution in [0.25, 0.3) is 0 Å². The Morgan fingerprint density at radius 1 is 1.00 bits per heavy atom. The lowest BCUT2D eigenvalue weighted by Gasteiger charge is -2.24. The van der Waals surface area contributed by atoms with Gasteiger partial charge in [-0.15, -0.1) is 24.8 Å². The van der Waals surface area contributed by atoms with Crippen molar-refractivity contribution in [1.29, 1.82) is 0 Å². The predicted molar refractivity (Wildman–Crippen MR) is 110 cm³/mol. The number of aryl methyl sites for hydroxylation is 1. The van der Waals surface area contributed by atoms with Crippen LogP contribution in [0.2, 0.25) is 0 Å². The van der Waals surface area contributed by atoms with E-state index in [9.17, 15) is 0 Å². The van der Waals surface area contributed by atoms with E-state index in [0.717, 1.165) is 36.8 Å². The van der Waals surface area contributed by atoms with Crippen LogP contribution in [0.4, 0.5) is 16.5 Å². The average Bonchev–Trinajstić information content (AvgIpc) is 2.99.